The van der Waals surface area contributed by atoms with Crippen LogP contribution in [0.1, 0.15) is 18.3 Å². The third kappa shape index (κ3) is 3.44. The fourth-order valence-corrected chi connectivity index (χ4v) is 2.46. The molecule has 6 heteroatoms. The number of halogens is 1. The molecule has 24 heavy (non-hydrogen) atoms. The van der Waals surface area contributed by atoms with Crippen molar-refractivity contribution in [3.63, 3.8) is 0 Å². The molecule has 0 atom stereocenters. The molecular formula is C18H19FN4O. The first-order valence-electron chi connectivity index (χ1n) is 7.82. The van der Waals surface area contributed by atoms with Crippen LogP contribution in [0.25, 0.3) is 10.9 Å². The van der Waals surface area contributed by atoms with Crippen molar-refractivity contribution in [3.8, 4) is 5.75 Å². The van der Waals surface area contributed by atoms with Crippen molar-refractivity contribution < 1.29 is 9.13 Å². The number of rotatable bonds is 6. The average Bonchev–Trinajstić information content (AvgIpc) is 2.61. The Labute approximate surface area is 139 Å². The Morgan fingerprint density at radius 1 is 1.17 bits per heavy atom. The quantitative estimate of drug-likeness (QED) is 0.727. The van der Waals surface area contributed by atoms with Gasteiger partial charge in [0.2, 0.25) is 0 Å². The second-order valence-corrected chi connectivity index (χ2v) is 5.25. The van der Waals surface area contributed by atoms with Gasteiger partial charge in [-0.15, -0.1) is 0 Å². The third-order valence-corrected chi connectivity index (χ3v) is 3.61. The van der Waals surface area contributed by atoms with Crippen LogP contribution in [0.5, 0.6) is 5.75 Å². The summed E-state index contributed by atoms with van der Waals surface area (Å²) >= 11 is 0. The number of hydrogen-bond acceptors (Lipinski definition) is 5. The van der Waals surface area contributed by atoms with Gasteiger partial charge in [0.25, 0.3) is 0 Å². The second kappa shape index (κ2) is 7.23. The lowest BCUT2D eigenvalue weighted by atomic mass is 10.2. The molecule has 0 spiro atoms. The average molecular weight is 326 g/mol. The number of ether oxygens (including phenoxy) is 1. The summed E-state index contributed by atoms with van der Waals surface area (Å²) < 4.78 is 19.5. The summed E-state index contributed by atoms with van der Waals surface area (Å²) in [7, 11) is 0. The van der Waals surface area contributed by atoms with E-state index < -0.39 is 0 Å². The van der Waals surface area contributed by atoms with Crippen LogP contribution in [-0.4, -0.2) is 16.6 Å². The van der Waals surface area contributed by atoms with Crippen LogP contribution in [0.4, 0.5) is 10.2 Å². The van der Waals surface area contributed by atoms with E-state index in [9.17, 15) is 4.39 Å². The molecule has 0 aliphatic heterocycles. The molecule has 0 saturated carbocycles. The predicted octanol–water partition coefficient (Wildman–Crippen LogP) is 3.24. The molecule has 5 nitrogen and oxygen atoms in total. The van der Waals surface area contributed by atoms with E-state index in [2.05, 4.69) is 15.3 Å². The molecular weight excluding hydrogens is 307 g/mol. The first-order valence-corrected chi connectivity index (χ1v) is 7.82. The van der Waals surface area contributed by atoms with E-state index in [-0.39, 0.29) is 12.4 Å². The summed E-state index contributed by atoms with van der Waals surface area (Å²) in [6.45, 7) is 2.93. The highest BCUT2D eigenvalue weighted by Crippen LogP contribution is 2.22. The lowest BCUT2D eigenvalue weighted by Gasteiger charge is -2.11. The smallest absolute Gasteiger partial charge is 0.144 e. The number of aromatic nitrogens is 2. The number of nitrogens with one attached hydrogen (secondary N) is 1. The summed E-state index contributed by atoms with van der Waals surface area (Å²) in [5, 5.41) is 4.06. The van der Waals surface area contributed by atoms with Crippen LogP contribution in [0.15, 0.2) is 42.5 Å². The minimum Gasteiger partial charge on any atom is -0.494 e. The molecule has 3 rings (SSSR count). The van der Waals surface area contributed by atoms with E-state index in [0.29, 0.717) is 36.1 Å². The maximum absolute atomic E-state index is 14.2. The van der Waals surface area contributed by atoms with E-state index in [4.69, 9.17) is 10.5 Å². The number of hydrogen-bond donors (Lipinski definition) is 2. The summed E-state index contributed by atoms with van der Waals surface area (Å²) in [6, 6.07) is 12.5. The number of benzene rings is 2. The van der Waals surface area contributed by atoms with Crippen molar-refractivity contribution in [2.24, 2.45) is 5.73 Å². The molecule has 0 unspecified atom stereocenters. The summed E-state index contributed by atoms with van der Waals surface area (Å²) in [5.41, 5.74) is 7.01. The zero-order valence-electron chi connectivity index (χ0n) is 13.4. The largest absolute Gasteiger partial charge is 0.494 e. The molecule has 3 aromatic rings. The normalized spacial score (nSPS) is 10.8. The van der Waals surface area contributed by atoms with Gasteiger partial charge in [0.1, 0.15) is 23.2 Å². The summed E-state index contributed by atoms with van der Waals surface area (Å²) in [4.78, 5) is 8.81. The molecule has 2 aromatic carbocycles. The fraction of sp³-hybridized carbons (Fsp3) is 0.222. The molecule has 3 N–H and O–H groups in total. The van der Waals surface area contributed by atoms with Crippen LogP contribution in [0.2, 0.25) is 0 Å². The van der Waals surface area contributed by atoms with Gasteiger partial charge in [0.15, 0.2) is 0 Å². The minimum atomic E-state index is -0.314. The van der Waals surface area contributed by atoms with E-state index in [0.717, 1.165) is 10.9 Å². The van der Waals surface area contributed by atoms with Crippen molar-refractivity contribution in [3.05, 3.63) is 59.7 Å². The Hall–Kier alpha value is -2.73. The minimum absolute atomic E-state index is 0.247. The van der Waals surface area contributed by atoms with Crippen LogP contribution in [-0.2, 0) is 13.1 Å². The van der Waals surface area contributed by atoms with Gasteiger partial charge < -0.3 is 15.8 Å². The van der Waals surface area contributed by atoms with Gasteiger partial charge in [0.05, 0.1) is 18.7 Å². The van der Waals surface area contributed by atoms with Crippen LogP contribution < -0.4 is 15.8 Å². The molecule has 0 amide bonds. The number of nitrogens with two attached hydrogens (primary N) is 1. The van der Waals surface area contributed by atoms with E-state index >= 15 is 0 Å². The number of anilines is 1. The molecule has 0 bridgehead atoms. The molecule has 0 radical (unpaired) electrons. The third-order valence-electron chi connectivity index (χ3n) is 3.61. The first-order chi connectivity index (χ1) is 11.7. The van der Waals surface area contributed by atoms with Crippen LogP contribution in [0, 0.1) is 5.82 Å². The van der Waals surface area contributed by atoms with Gasteiger partial charge in [-0.2, -0.15) is 0 Å². The standard InChI is InChI=1S/C18H19FN4O/c1-2-24-13-8-7-12(15(19)9-13)11-21-18-14-5-3-4-6-16(14)22-17(10-20)23-18/h3-9H,2,10-11,20H2,1H3,(H,21,22,23). The Kier molecular flexibility index (Phi) is 4.86. The van der Waals surface area contributed by atoms with Gasteiger partial charge in [-0.25, -0.2) is 14.4 Å². The molecule has 124 valence electrons. The molecule has 0 fully saturated rings. The SMILES string of the molecule is CCOc1ccc(CNc2nc(CN)nc3ccccc23)c(F)c1. The van der Waals surface area contributed by atoms with Gasteiger partial charge in [-0.1, -0.05) is 18.2 Å². The van der Waals surface area contributed by atoms with Gasteiger partial charge in [0, 0.05) is 23.6 Å². The fourth-order valence-electron chi connectivity index (χ4n) is 2.46. The Morgan fingerprint density at radius 3 is 2.75 bits per heavy atom. The Morgan fingerprint density at radius 2 is 2.00 bits per heavy atom. The number of fused-ring (bicyclic) bond motifs is 1. The van der Waals surface area contributed by atoms with Gasteiger partial charge in [-0.3, -0.25) is 0 Å². The molecule has 0 aliphatic rings. The highest BCUT2D eigenvalue weighted by atomic mass is 19.1. The maximum atomic E-state index is 14.2. The molecule has 0 saturated heterocycles. The Bertz CT molecular complexity index is 854. The summed E-state index contributed by atoms with van der Waals surface area (Å²) in [5.74, 6) is 1.40. The second-order valence-electron chi connectivity index (χ2n) is 5.25. The number of nitrogens with zero attached hydrogens (tertiary/aromatic N) is 2. The first kappa shape index (κ1) is 16.1. The topological polar surface area (TPSA) is 73.1 Å². The zero-order valence-corrected chi connectivity index (χ0v) is 13.4. The van der Waals surface area contributed by atoms with E-state index in [1.807, 2.05) is 31.2 Å². The van der Waals surface area contributed by atoms with Crippen LogP contribution >= 0.6 is 0 Å². The highest BCUT2D eigenvalue weighted by Gasteiger charge is 2.09. The van der Waals surface area contributed by atoms with E-state index in [1.54, 1.807) is 12.1 Å². The lowest BCUT2D eigenvalue weighted by molar-refractivity contribution is 0.338. The van der Waals surface area contributed by atoms with Gasteiger partial charge in [-0.05, 0) is 25.1 Å². The highest BCUT2D eigenvalue weighted by molar-refractivity contribution is 5.88. The maximum Gasteiger partial charge on any atom is 0.144 e. The van der Waals surface area contributed by atoms with Crippen molar-refractivity contribution >= 4 is 16.7 Å². The predicted molar refractivity (Wildman–Crippen MR) is 92.3 cm³/mol. The van der Waals surface area contributed by atoms with Crippen molar-refractivity contribution in [2.75, 3.05) is 11.9 Å². The lowest BCUT2D eigenvalue weighted by Crippen LogP contribution is -2.09. The number of para-hydroxylation sites is 1. The van der Waals surface area contributed by atoms with Crippen molar-refractivity contribution in [2.45, 2.75) is 20.0 Å². The van der Waals surface area contributed by atoms with Crippen molar-refractivity contribution in [1.82, 2.24) is 9.97 Å². The monoisotopic (exact) mass is 326 g/mol. The van der Waals surface area contributed by atoms with E-state index in [1.165, 1.54) is 6.07 Å². The molecule has 1 heterocycles. The zero-order chi connectivity index (χ0) is 16.9. The summed E-state index contributed by atoms with van der Waals surface area (Å²) in [6.07, 6.45) is 0. The van der Waals surface area contributed by atoms with Crippen LogP contribution in [0.3, 0.4) is 0 Å². The molecule has 0 aliphatic carbocycles. The van der Waals surface area contributed by atoms with Gasteiger partial charge >= 0.3 is 0 Å². The van der Waals surface area contributed by atoms with Crippen molar-refractivity contribution in [1.29, 1.82) is 0 Å². The molecule has 1 aromatic heterocycles. The Balaban J connectivity index is 1.85.